The molecule has 1 aromatic carbocycles. The van der Waals surface area contributed by atoms with Crippen LogP contribution in [0.4, 0.5) is 10.1 Å². The molecular formula is C11H14FNO3. The molecule has 5 heteroatoms. The van der Waals surface area contributed by atoms with Crippen molar-refractivity contribution in [3.05, 3.63) is 39.7 Å². The number of rotatable bonds is 4. The van der Waals surface area contributed by atoms with Crippen LogP contribution in [0.5, 0.6) is 0 Å². The van der Waals surface area contributed by atoms with Crippen molar-refractivity contribution in [1.29, 1.82) is 0 Å². The van der Waals surface area contributed by atoms with Gasteiger partial charge >= 0.3 is 0 Å². The number of non-ortho nitro benzene ring substituents is 1. The molecule has 0 spiro atoms. The number of halogens is 1. The van der Waals surface area contributed by atoms with Crippen LogP contribution < -0.4 is 0 Å². The fraction of sp³-hybridized carbons (Fsp3) is 0.455. The van der Waals surface area contributed by atoms with Crippen LogP contribution in [-0.2, 0) is 0 Å². The van der Waals surface area contributed by atoms with Gasteiger partial charge in [-0.25, -0.2) is 4.39 Å². The molecule has 88 valence electrons. The van der Waals surface area contributed by atoms with Gasteiger partial charge in [0, 0.05) is 12.0 Å². The summed E-state index contributed by atoms with van der Waals surface area (Å²) in [5.41, 5.74) is 0.0272. The maximum Gasteiger partial charge on any atom is 0.272 e. The number of aliphatic hydroxyl groups is 1. The Morgan fingerprint density at radius 1 is 1.56 bits per heavy atom. The van der Waals surface area contributed by atoms with Crippen molar-refractivity contribution in [1.82, 2.24) is 0 Å². The van der Waals surface area contributed by atoms with E-state index in [-0.39, 0.29) is 11.6 Å². The van der Waals surface area contributed by atoms with Crippen molar-refractivity contribution in [2.45, 2.75) is 32.3 Å². The summed E-state index contributed by atoms with van der Waals surface area (Å²) >= 11 is 0. The van der Waals surface area contributed by atoms with Gasteiger partial charge in [-0.15, -0.1) is 0 Å². The van der Waals surface area contributed by atoms with Gasteiger partial charge in [-0.2, -0.15) is 0 Å². The summed E-state index contributed by atoms with van der Waals surface area (Å²) in [7, 11) is 0. The summed E-state index contributed by atoms with van der Waals surface area (Å²) in [6.07, 6.45) is -0.131. The largest absolute Gasteiger partial charge is 0.393 e. The summed E-state index contributed by atoms with van der Waals surface area (Å²) in [6, 6.07) is 3.49. The lowest BCUT2D eigenvalue weighted by Crippen LogP contribution is -2.15. The zero-order chi connectivity index (χ0) is 12.3. The van der Waals surface area contributed by atoms with Gasteiger partial charge in [0.25, 0.3) is 5.69 Å². The molecule has 16 heavy (non-hydrogen) atoms. The second kappa shape index (κ2) is 5.03. The van der Waals surface area contributed by atoms with E-state index in [4.69, 9.17) is 0 Å². The molecule has 0 amide bonds. The molecule has 0 aliphatic heterocycles. The summed E-state index contributed by atoms with van der Waals surface area (Å²) in [6.45, 7) is 3.49. The van der Waals surface area contributed by atoms with Crippen molar-refractivity contribution >= 4 is 5.69 Å². The van der Waals surface area contributed by atoms with Gasteiger partial charge in [0.05, 0.1) is 17.1 Å². The van der Waals surface area contributed by atoms with E-state index in [2.05, 4.69) is 0 Å². The Labute approximate surface area is 92.9 Å². The Hall–Kier alpha value is -1.49. The molecule has 2 unspecified atom stereocenters. The number of hydrogen-bond donors (Lipinski definition) is 1. The zero-order valence-corrected chi connectivity index (χ0v) is 9.18. The molecule has 0 saturated heterocycles. The molecule has 0 radical (unpaired) electrons. The van der Waals surface area contributed by atoms with Crippen LogP contribution in [0, 0.1) is 15.9 Å². The number of hydrogen-bond acceptors (Lipinski definition) is 3. The Kier molecular flexibility index (Phi) is 3.95. The van der Waals surface area contributed by atoms with E-state index >= 15 is 0 Å². The fourth-order valence-electron chi connectivity index (χ4n) is 1.56. The first-order chi connectivity index (χ1) is 7.47. The predicted molar refractivity (Wildman–Crippen MR) is 57.8 cm³/mol. The maximum atomic E-state index is 13.5. The highest BCUT2D eigenvalue weighted by atomic mass is 19.1. The average Bonchev–Trinajstić information content (AvgIpc) is 2.26. The highest BCUT2D eigenvalue weighted by Crippen LogP contribution is 2.26. The second-order valence-electron chi connectivity index (χ2n) is 3.73. The lowest BCUT2D eigenvalue weighted by Gasteiger charge is -2.17. The van der Waals surface area contributed by atoms with Gasteiger partial charge in [-0.05, 0) is 18.1 Å². The minimum atomic E-state index is -0.645. The summed E-state index contributed by atoms with van der Waals surface area (Å²) in [4.78, 5) is 9.77. The first kappa shape index (κ1) is 12.6. The SMILES string of the molecule is CCC(O)C(C)c1ccc([N+](=O)[O-])cc1F. The van der Waals surface area contributed by atoms with Gasteiger partial charge < -0.3 is 5.11 Å². The molecule has 0 bridgehead atoms. The van der Waals surface area contributed by atoms with Crippen molar-refractivity contribution < 1.29 is 14.4 Å². The minimum absolute atomic E-state index is 0.278. The second-order valence-corrected chi connectivity index (χ2v) is 3.73. The first-order valence-electron chi connectivity index (χ1n) is 5.09. The smallest absolute Gasteiger partial charge is 0.272 e. The molecule has 1 rings (SSSR count). The summed E-state index contributed by atoms with van der Waals surface area (Å²) < 4.78 is 13.5. The van der Waals surface area contributed by atoms with Gasteiger partial charge in [0.15, 0.2) is 0 Å². The van der Waals surface area contributed by atoms with Crippen LogP contribution in [0.25, 0.3) is 0 Å². The van der Waals surface area contributed by atoms with Crippen molar-refractivity contribution in [2.24, 2.45) is 0 Å². The standard InChI is InChI=1S/C11H14FNO3/c1-3-11(14)7(2)9-5-4-8(13(15)16)6-10(9)12/h4-7,11,14H,3H2,1-2H3. The van der Waals surface area contributed by atoms with Crippen LogP contribution in [0.2, 0.25) is 0 Å². The maximum absolute atomic E-state index is 13.5. The lowest BCUT2D eigenvalue weighted by molar-refractivity contribution is -0.385. The molecule has 1 N–H and O–H groups in total. The monoisotopic (exact) mass is 227 g/mol. The molecule has 0 aliphatic rings. The molecule has 4 nitrogen and oxygen atoms in total. The summed E-state index contributed by atoms with van der Waals surface area (Å²) in [5, 5.41) is 20.0. The molecule has 0 heterocycles. The van der Waals surface area contributed by atoms with Crippen LogP contribution in [0.3, 0.4) is 0 Å². The van der Waals surface area contributed by atoms with Gasteiger partial charge in [0.2, 0.25) is 0 Å². The minimum Gasteiger partial charge on any atom is -0.393 e. The molecule has 1 aromatic rings. The summed E-state index contributed by atoms with van der Waals surface area (Å²) in [5.74, 6) is -1.01. The van der Waals surface area contributed by atoms with Crippen molar-refractivity contribution in [2.75, 3.05) is 0 Å². The molecular weight excluding hydrogens is 213 g/mol. The predicted octanol–water partition coefficient (Wildman–Crippen LogP) is 2.61. The Morgan fingerprint density at radius 3 is 2.62 bits per heavy atom. The van der Waals surface area contributed by atoms with E-state index in [0.29, 0.717) is 12.0 Å². The first-order valence-corrected chi connectivity index (χ1v) is 5.09. The van der Waals surface area contributed by atoms with E-state index in [0.717, 1.165) is 6.07 Å². The Balaban J connectivity index is 3.03. The Bertz CT molecular complexity index is 395. The van der Waals surface area contributed by atoms with Gasteiger partial charge in [-0.3, -0.25) is 10.1 Å². The number of aliphatic hydroxyl groups excluding tert-OH is 1. The third-order valence-electron chi connectivity index (χ3n) is 2.68. The fourth-order valence-corrected chi connectivity index (χ4v) is 1.56. The topological polar surface area (TPSA) is 63.4 Å². The van der Waals surface area contributed by atoms with Crippen molar-refractivity contribution in [3.8, 4) is 0 Å². The van der Waals surface area contributed by atoms with E-state index in [9.17, 15) is 19.6 Å². The van der Waals surface area contributed by atoms with Crippen LogP contribution >= 0.6 is 0 Å². The quantitative estimate of drug-likeness (QED) is 0.635. The normalized spacial score (nSPS) is 14.5. The van der Waals surface area contributed by atoms with Crippen molar-refractivity contribution in [3.63, 3.8) is 0 Å². The van der Waals surface area contributed by atoms with Crippen LogP contribution in [0.1, 0.15) is 31.7 Å². The molecule has 0 saturated carbocycles. The lowest BCUT2D eigenvalue weighted by atomic mass is 9.93. The molecule has 0 aromatic heterocycles. The number of nitro benzene ring substituents is 1. The van der Waals surface area contributed by atoms with E-state index < -0.39 is 16.8 Å². The number of benzene rings is 1. The van der Waals surface area contributed by atoms with E-state index in [1.54, 1.807) is 13.8 Å². The van der Waals surface area contributed by atoms with E-state index in [1.807, 2.05) is 0 Å². The third-order valence-corrected chi connectivity index (χ3v) is 2.68. The zero-order valence-electron chi connectivity index (χ0n) is 9.18. The highest BCUT2D eigenvalue weighted by Gasteiger charge is 2.20. The number of nitro groups is 1. The molecule has 2 atom stereocenters. The van der Waals surface area contributed by atoms with E-state index in [1.165, 1.54) is 12.1 Å². The third kappa shape index (κ3) is 2.55. The highest BCUT2D eigenvalue weighted by molar-refractivity contribution is 5.36. The molecule has 0 aliphatic carbocycles. The number of nitrogens with zero attached hydrogens (tertiary/aromatic N) is 1. The van der Waals surface area contributed by atoms with Gasteiger partial charge in [-0.1, -0.05) is 13.8 Å². The van der Waals surface area contributed by atoms with Crippen LogP contribution in [0.15, 0.2) is 18.2 Å². The Morgan fingerprint density at radius 2 is 2.19 bits per heavy atom. The van der Waals surface area contributed by atoms with Crippen LogP contribution in [-0.4, -0.2) is 16.1 Å². The van der Waals surface area contributed by atoms with Gasteiger partial charge in [0.1, 0.15) is 5.82 Å². The molecule has 0 fully saturated rings. The average molecular weight is 227 g/mol.